The first-order valence-corrected chi connectivity index (χ1v) is 9.66. The van der Waals surface area contributed by atoms with Gasteiger partial charge in [0.1, 0.15) is 5.75 Å². The number of para-hydroxylation sites is 1. The van der Waals surface area contributed by atoms with Crippen molar-refractivity contribution < 1.29 is 9.90 Å². The first-order chi connectivity index (χ1) is 13.1. The van der Waals surface area contributed by atoms with Crippen LogP contribution in [0.5, 0.6) is 5.75 Å². The number of phenolic OH excluding ortho intramolecular Hbond substituents is 1. The summed E-state index contributed by atoms with van der Waals surface area (Å²) >= 11 is 6.27. The number of benzene rings is 2. The van der Waals surface area contributed by atoms with Crippen molar-refractivity contribution in [2.45, 2.75) is 46.1 Å². The van der Waals surface area contributed by atoms with Crippen LogP contribution in [-0.2, 0) is 5.41 Å². The highest BCUT2D eigenvalue weighted by Crippen LogP contribution is 2.30. The summed E-state index contributed by atoms with van der Waals surface area (Å²) in [7, 11) is 0. The van der Waals surface area contributed by atoms with Crippen molar-refractivity contribution in [1.82, 2.24) is 10.3 Å². The molecule has 0 aliphatic rings. The number of hydrogen-bond acceptors (Lipinski definition) is 3. The van der Waals surface area contributed by atoms with E-state index in [1.54, 1.807) is 19.1 Å². The predicted molar refractivity (Wildman–Crippen MR) is 114 cm³/mol. The molecule has 0 aliphatic carbocycles. The number of nitrogens with zero attached hydrogens (tertiary/aromatic N) is 1. The number of halogens is 1. The molecule has 28 heavy (non-hydrogen) atoms. The Morgan fingerprint density at radius 3 is 2.57 bits per heavy atom. The van der Waals surface area contributed by atoms with Crippen LogP contribution in [-0.4, -0.2) is 16.0 Å². The van der Waals surface area contributed by atoms with E-state index in [9.17, 15) is 9.90 Å². The van der Waals surface area contributed by atoms with Gasteiger partial charge in [-0.1, -0.05) is 50.6 Å². The Kier molecular flexibility index (Phi) is 5.35. The summed E-state index contributed by atoms with van der Waals surface area (Å²) in [6, 6.07) is 12.6. The number of aromatic hydroxyl groups is 1. The van der Waals surface area contributed by atoms with Gasteiger partial charge in [0, 0.05) is 21.5 Å². The van der Waals surface area contributed by atoms with Crippen LogP contribution in [0.4, 0.5) is 0 Å². The topological polar surface area (TPSA) is 62.2 Å². The van der Waals surface area contributed by atoms with Crippen molar-refractivity contribution in [3.8, 4) is 5.75 Å². The number of carbonyl (C=O) groups is 1. The van der Waals surface area contributed by atoms with Crippen molar-refractivity contribution in [3.05, 3.63) is 69.9 Å². The maximum atomic E-state index is 13.0. The molecule has 0 bridgehead atoms. The highest BCUT2D eigenvalue weighted by Gasteiger charge is 2.20. The van der Waals surface area contributed by atoms with E-state index in [-0.39, 0.29) is 23.1 Å². The van der Waals surface area contributed by atoms with E-state index in [2.05, 4.69) is 26.1 Å². The van der Waals surface area contributed by atoms with Gasteiger partial charge in [0.05, 0.1) is 17.1 Å². The molecule has 3 rings (SSSR count). The fraction of sp³-hybridized carbons (Fsp3) is 0.304. The Balaban J connectivity index is 1.96. The molecule has 1 aromatic heterocycles. The number of phenols is 1. The zero-order valence-electron chi connectivity index (χ0n) is 16.8. The van der Waals surface area contributed by atoms with Crippen LogP contribution in [0.15, 0.2) is 42.5 Å². The lowest BCUT2D eigenvalue weighted by Crippen LogP contribution is -2.27. The Hall–Kier alpha value is -2.59. The second kappa shape index (κ2) is 7.44. The Morgan fingerprint density at radius 1 is 1.18 bits per heavy atom. The summed E-state index contributed by atoms with van der Waals surface area (Å²) in [6.45, 7) is 9.96. The summed E-state index contributed by atoms with van der Waals surface area (Å²) in [5, 5.41) is 14.1. The third kappa shape index (κ3) is 3.97. The van der Waals surface area contributed by atoms with Crippen molar-refractivity contribution in [1.29, 1.82) is 0 Å². The van der Waals surface area contributed by atoms with Gasteiger partial charge in [0.2, 0.25) is 0 Å². The Labute approximate surface area is 170 Å². The van der Waals surface area contributed by atoms with Gasteiger partial charge >= 0.3 is 0 Å². The molecule has 5 heteroatoms. The highest BCUT2D eigenvalue weighted by atomic mass is 35.5. The molecule has 0 aliphatic heterocycles. The van der Waals surface area contributed by atoms with E-state index in [1.807, 2.05) is 31.2 Å². The SMILES string of the molecule is Cc1cc([C@@H](C)NC(=O)c2cccc3ccc(C(C)(C)C)nc23)c(Cl)cc1O. The molecular weight excluding hydrogens is 372 g/mol. The quantitative estimate of drug-likeness (QED) is 0.597. The van der Waals surface area contributed by atoms with E-state index < -0.39 is 0 Å². The van der Waals surface area contributed by atoms with Crippen LogP contribution >= 0.6 is 11.6 Å². The van der Waals surface area contributed by atoms with Crippen molar-refractivity contribution in [2.24, 2.45) is 0 Å². The molecule has 2 aromatic carbocycles. The molecule has 1 atom stereocenters. The number of pyridine rings is 1. The number of fused-ring (bicyclic) bond motifs is 1. The second-order valence-corrected chi connectivity index (χ2v) is 8.59. The van der Waals surface area contributed by atoms with Gasteiger partial charge in [-0.2, -0.15) is 0 Å². The van der Waals surface area contributed by atoms with Gasteiger partial charge in [0.15, 0.2) is 0 Å². The molecule has 1 heterocycles. The molecule has 146 valence electrons. The molecule has 4 nitrogen and oxygen atoms in total. The van der Waals surface area contributed by atoms with Gasteiger partial charge in [-0.25, -0.2) is 0 Å². The number of rotatable bonds is 3. The number of hydrogen-bond donors (Lipinski definition) is 2. The van der Waals surface area contributed by atoms with E-state index in [0.717, 1.165) is 16.6 Å². The molecule has 0 saturated heterocycles. The smallest absolute Gasteiger partial charge is 0.253 e. The van der Waals surface area contributed by atoms with Gasteiger partial charge in [0.25, 0.3) is 5.91 Å². The first kappa shape index (κ1) is 20.2. The fourth-order valence-corrected chi connectivity index (χ4v) is 3.45. The number of amides is 1. The molecule has 0 fully saturated rings. The molecular formula is C23H25ClN2O2. The average molecular weight is 397 g/mol. The predicted octanol–water partition coefficient (Wildman–Crippen LogP) is 5.69. The van der Waals surface area contributed by atoms with Crippen LogP contribution in [0.3, 0.4) is 0 Å². The maximum Gasteiger partial charge on any atom is 0.253 e. The minimum Gasteiger partial charge on any atom is -0.508 e. The fourth-order valence-electron chi connectivity index (χ4n) is 3.13. The van der Waals surface area contributed by atoms with E-state index in [1.165, 1.54) is 6.07 Å². The lowest BCUT2D eigenvalue weighted by molar-refractivity contribution is 0.0941. The molecule has 0 radical (unpaired) electrons. The molecule has 2 N–H and O–H groups in total. The monoisotopic (exact) mass is 396 g/mol. The van der Waals surface area contributed by atoms with Crippen molar-refractivity contribution in [2.75, 3.05) is 0 Å². The lowest BCUT2D eigenvalue weighted by Gasteiger charge is -2.20. The van der Waals surface area contributed by atoms with Gasteiger partial charge in [-0.3, -0.25) is 9.78 Å². The third-order valence-electron chi connectivity index (χ3n) is 4.86. The summed E-state index contributed by atoms with van der Waals surface area (Å²) < 4.78 is 0. The van der Waals surface area contributed by atoms with Crippen LogP contribution in [0.25, 0.3) is 10.9 Å². The Morgan fingerprint density at radius 2 is 1.89 bits per heavy atom. The largest absolute Gasteiger partial charge is 0.508 e. The zero-order valence-corrected chi connectivity index (χ0v) is 17.6. The Bertz CT molecular complexity index is 1050. The summed E-state index contributed by atoms with van der Waals surface area (Å²) in [6.07, 6.45) is 0. The van der Waals surface area contributed by atoms with Crippen molar-refractivity contribution >= 4 is 28.4 Å². The minimum atomic E-state index is -0.319. The van der Waals surface area contributed by atoms with Gasteiger partial charge in [-0.15, -0.1) is 0 Å². The van der Waals surface area contributed by atoms with Crippen LogP contribution in [0.1, 0.15) is 60.9 Å². The minimum absolute atomic E-state index is 0.109. The number of aryl methyl sites for hydroxylation is 1. The summed E-state index contributed by atoms with van der Waals surface area (Å²) in [5.74, 6) is -0.0707. The summed E-state index contributed by atoms with van der Waals surface area (Å²) in [5.41, 5.74) is 3.51. The number of carbonyl (C=O) groups excluding carboxylic acids is 1. The second-order valence-electron chi connectivity index (χ2n) is 8.18. The van der Waals surface area contributed by atoms with Gasteiger partial charge < -0.3 is 10.4 Å². The number of nitrogens with one attached hydrogen (secondary N) is 1. The summed E-state index contributed by atoms with van der Waals surface area (Å²) in [4.78, 5) is 17.8. The van der Waals surface area contributed by atoms with Crippen LogP contribution in [0.2, 0.25) is 5.02 Å². The van der Waals surface area contributed by atoms with Gasteiger partial charge in [-0.05, 0) is 49.2 Å². The molecule has 0 unspecified atom stereocenters. The third-order valence-corrected chi connectivity index (χ3v) is 5.19. The average Bonchev–Trinajstić information content (AvgIpc) is 2.62. The maximum absolute atomic E-state index is 13.0. The van der Waals surface area contributed by atoms with Crippen molar-refractivity contribution in [3.63, 3.8) is 0 Å². The standard InChI is InChI=1S/C23H25ClN2O2/c1-13-11-17(18(24)12-19(13)27)14(2)25-22(28)16-8-6-7-15-9-10-20(23(3,4)5)26-21(15)16/h6-12,14,27H,1-5H3,(H,25,28)/t14-/m1/s1. The molecule has 3 aromatic rings. The van der Waals surface area contributed by atoms with E-state index >= 15 is 0 Å². The van der Waals surface area contributed by atoms with E-state index in [0.29, 0.717) is 21.7 Å². The highest BCUT2D eigenvalue weighted by molar-refractivity contribution is 6.31. The molecule has 1 amide bonds. The normalized spacial score (nSPS) is 12.8. The van der Waals surface area contributed by atoms with Crippen LogP contribution < -0.4 is 5.32 Å². The van der Waals surface area contributed by atoms with E-state index in [4.69, 9.17) is 16.6 Å². The number of aromatic nitrogens is 1. The molecule has 0 spiro atoms. The molecule has 0 saturated carbocycles. The lowest BCUT2D eigenvalue weighted by atomic mass is 9.91. The first-order valence-electron chi connectivity index (χ1n) is 9.28. The van der Waals surface area contributed by atoms with Crippen LogP contribution in [0, 0.1) is 6.92 Å². The zero-order chi connectivity index (χ0) is 20.6.